The molecule has 1 atom stereocenters. The molecule has 0 spiro atoms. The minimum atomic E-state index is -3.69. The maximum Gasteiger partial charge on any atom is 0.345 e. The average Bonchev–Trinajstić information content (AvgIpc) is 3.04. The van der Waals surface area contributed by atoms with Gasteiger partial charge in [0.1, 0.15) is 28.1 Å². The Balaban J connectivity index is 1.42. The van der Waals surface area contributed by atoms with Gasteiger partial charge in [0.05, 0.1) is 26.7 Å². The van der Waals surface area contributed by atoms with E-state index < -0.39 is 27.1 Å². The number of aromatic hydroxyl groups is 1. The zero-order chi connectivity index (χ0) is 23.1. The lowest BCUT2D eigenvalue weighted by molar-refractivity contribution is -0.118. The number of phenols is 1. The highest BCUT2D eigenvalue weighted by Crippen LogP contribution is 2.32. The van der Waals surface area contributed by atoms with Crippen LogP contribution in [0.1, 0.15) is 46.9 Å². The summed E-state index contributed by atoms with van der Waals surface area (Å²) >= 11 is 0. The highest BCUT2D eigenvalue weighted by Gasteiger charge is 2.37. The summed E-state index contributed by atoms with van der Waals surface area (Å²) < 4.78 is 42.0. The largest absolute Gasteiger partial charge is 0.507 e. The molecule has 1 aliphatic rings. The van der Waals surface area contributed by atoms with E-state index in [0.29, 0.717) is 30.9 Å². The zero-order valence-electron chi connectivity index (χ0n) is 17.6. The Morgan fingerprint density at radius 1 is 1.09 bits per heavy atom. The lowest BCUT2D eigenvalue weighted by Gasteiger charge is -2.12. The number of rotatable bonds is 10. The third-order valence-electron chi connectivity index (χ3n) is 4.94. The van der Waals surface area contributed by atoms with Gasteiger partial charge in [-0.1, -0.05) is 18.2 Å². The van der Waals surface area contributed by atoms with Crippen LogP contribution in [0.2, 0.25) is 0 Å². The number of nitrogens with one attached hydrogen (secondary N) is 1. The van der Waals surface area contributed by atoms with Crippen LogP contribution in [0, 0.1) is 0 Å². The van der Waals surface area contributed by atoms with Gasteiger partial charge >= 0.3 is 5.97 Å². The van der Waals surface area contributed by atoms with Crippen molar-refractivity contribution < 1.29 is 37.3 Å². The van der Waals surface area contributed by atoms with Gasteiger partial charge in [0.2, 0.25) is 15.9 Å². The fourth-order valence-electron chi connectivity index (χ4n) is 3.35. The molecule has 9 nitrogen and oxygen atoms in total. The molecule has 2 aromatic carbocycles. The Morgan fingerprint density at radius 3 is 2.50 bits per heavy atom. The molecule has 1 amide bonds. The predicted octanol–water partition coefficient (Wildman–Crippen LogP) is 2.70. The summed E-state index contributed by atoms with van der Waals surface area (Å²) in [4.78, 5) is 23.2. The van der Waals surface area contributed by atoms with E-state index in [1.54, 1.807) is 36.4 Å². The van der Waals surface area contributed by atoms with E-state index >= 15 is 0 Å². The van der Waals surface area contributed by atoms with Gasteiger partial charge in [0, 0.05) is 0 Å². The van der Waals surface area contributed by atoms with E-state index in [0.717, 1.165) is 12.8 Å². The molecule has 0 aromatic heterocycles. The Morgan fingerprint density at radius 2 is 1.81 bits per heavy atom. The van der Waals surface area contributed by atoms with Gasteiger partial charge in [-0.05, 0) is 49.1 Å². The van der Waals surface area contributed by atoms with E-state index in [-0.39, 0.29) is 23.5 Å². The smallest absolute Gasteiger partial charge is 0.345 e. The Bertz CT molecular complexity index is 1080. The number of carbonyl (C=O) groups excluding carboxylic acids is 2. The number of sulfonamides is 1. The monoisotopic (exact) mass is 463 g/mol. The van der Waals surface area contributed by atoms with Crippen molar-refractivity contribution in [3.63, 3.8) is 0 Å². The molecule has 1 saturated heterocycles. The van der Waals surface area contributed by atoms with Crippen LogP contribution in [-0.4, -0.2) is 45.7 Å². The van der Waals surface area contributed by atoms with Crippen LogP contribution in [0.4, 0.5) is 0 Å². The molecule has 0 aliphatic carbocycles. The van der Waals surface area contributed by atoms with Crippen LogP contribution in [0.3, 0.4) is 0 Å². The SMILES string of the molecule is COC(=O)c1c(O)cccc1OCCCCCOc1cccc(C2CC(=O)NS2(=O)=O)c1. The topological polar surface area (TPSA) is 128 Å². The normalized spacial score (nSPS) is 16.9. The van der Waals surface area contributed by atoms with Gasteiger partial charge in [-0.3, -0.25) is 9.52 Å². The first-order chi connectivity index (χ1) is 15.3. The number of phenolic OH excluding ortho intramolecular Hbond substituents is 1. The lowest BCUT2D eigenvalue weighted by Crippen LogP contribution is -2.21. The molecule has 1 aliphatic heterocycles. The molecule has 1 heterocycles. The van der Waals surface area contributed by atoms with Crippen molar-refractivity contribution in [2.24, 2.45) is 0 Å². The second-order valence-electron chi connectivity index (χ2n) is 7.23. The number of carbonyl (C=O) groups is 2. The van der Waals surface area contributed by atoms with Gasteiger partial charge in [-0.15, -0.1) is 0 Å². The first-order valence-electron chi connectivity index (χ1n) is 10.1. The molecule has 10 heteroatoms. The van der Waals surface area contributed by atoms with Crippen LogP contribution in [0.5, 0.6) is 17.2 Å². The first-order valence-corrected chi connectivity index (χ1v) is 11.7. The van der Waals surface area contributed by atoms with Crippen molar-refractivity contribution in [1.29, 1.82) is 0 Å². The first kappa shape index (κ1) is 23.4. The van der Waals surface area contributed by atoms with Crippen molar-refractivity contribution in [3.8, 4) is 17.2 Å². The second-order valence-corrected chi connectivity index (χ2v) is 9.10. The summed E-state index contributed by atoms with van der Waals surface area (Å²) in [5.74, 6) is -0.571. The molecule has 172 valence electrons. The van der Waals surface area contributed by atoms with Gasteiger partial charge < -0.3 is 19.3 Å². The summed E-state index contributed by atoms with van der Waals surface area (Å²) in [6.07, 6.45) is 2.14. The third kappa shape index (κ3) is 5.70. The number of hydrogen-bond acceptors (Lipinski definition) is 8. The van der Waals surface area contributed by atoms with Crippen LogP contribution in [0.25, 0.3) is 0 Å². The number of unbranched alkanes of at least 4 members (excludes halogenated alkanes) is 2. The molecule has 1 fully saturated rings. The van der Waals surface area contributed by atoms with Gasteiger partial charge in [0.15, 0.2) is 0 Å². The fourth-order valence-corrected chi connectivity index (χ4v) is 4.77. The van der Waals surface area contributed by atoms with Gasteiger partial charge in [-0.2, -0.15) is 0 Å². The maximum absolute atomic E-state index is 12.0. The highest BCUT2D eigenvalue weighted by molar-refractivity contribution is 7.90. The summed E-state index contributed by atoms with van der Waals surface area (Å²) in [6, 6.07) is 11.3. The average molecular weight is 464 g/mol. The molecular formula is C22H25NO8S. The minimum absolute atomic E-state index is 0.000563. The molecule has 1 unspecified atom stereocenters. The standard InChI is InChI=1S/C22H25NO8S/c1-29-22(26)21-17(24)9-6-10-18(21)31-12-4-2-3-11-30-16-8-5-7-15(13-16)19-14-20(25)23-32(19,27)28/h5-10,13,19,24H,2-4,11-12,14H2,1H3,(H,23,25). The molecular weight excluding hydrogens is 438 g/mol. The van der Waals surface area contributed by atoms with Crippen LogP contribution in [-0.2, 0) is 19.6 Å². The number of amides is 1. The number of methoxy groups -OCH3 is 1. The molecule has 3 rings (SSSR count). The Labute approximate surface area is 186 Å². The van der Waals surface area contributed by atoms with Gasteiger partial charge in [0.25, 0.3) is 0 Å². The summed E-state index contributed by atoms with van der Waals surface area (Å²) in [5.41, 5.74) is 0.515. The van der Waals surface area contributed by atoms with E-state index in [1.165, 1.54) is 13.2 Å². The molecule has 2 aromatic rings. The predicted molar refractivity (Wildman–Crippen MR) is 115 cm³/mol. The van der Waals surface area contributed by atoms with E-state index in [2.05, 4.69) is 4.74 Å². The minimum Gasteiger partial charge on any atom is -0.507 e. The summed E-state index contributed by atoms with van der Waals surface area (Å²) in [6.45, 7) is 0.779. The molecule has 32 heavy (non-hydrogen) atoms. The van der Waals surface area contributed by atoms with E-state index in [4.69, 9.17) is 9.47 Å². The molecule has 0 radical (unpaired) electrons. The van der Waals surface area contributed by atoms with Gasteiger partial charge in [-0.25, -0.2) is 13.2 Å². The van der Waals surface area contributed by atoms with Crippen molar-refractivity contribution in [2.75, 3.05) is 20.3 Å². The highest BCUT2D eigenvalue weighted by atomic mass is 32.2. The van der Waals surface area contributed by atoms with Crippen molar-refractivity contribution in [3.05, 3.63) is 53.6 Å². The van der Waals surface area contributed by atoms with Crippen LogP contribution >= 0.6 is 0 Å². The van der Waals surface area contributed by atoms with Crippen molar-refractivity contribution >= 4 is 21.9 Å². The fraction of sp³-hybridized carbons (Fsp3) is 0.364. The number of ether oxygens (including phenoxy) is 3. The number of benzene rings is 2. The van der Waals surface area contributed by atoms with Crippen molar-refractivity contribution in [2.45, 2.75) is 30.9 Å². The number of esters is 1. The second kappa shape index (κ2) is 10.4. The lowest BCUT2D eigenvalue weighted by atomic mass is 10.1. The third-order valence-corrected chi connectivity index (χ3v) is 6.64. The van der Waals surface area contributed by atoms with Crippen molar-refractivity contribution in [1.82, 2.24) is 4.72 Å². The van der Waals surface area contributed by atoms with Crippen LogP contribution in [0.15, 0.2) is 42.5 Å². The summed E-state index contributed by atoms with van der Waals surface area (Å²) in [5, 5.41) is 8.95. The quantitative estimate of drug-likeness (QED) is 0.407. The van der Waals surface area contributed by atoms with Crippen LogP contribution < -0.4 is 14.2 Å². The number of hydrogen-bond donors (Lipinski definition) is 2. The molecule has 0 bridgehead atoms. The summed E-state index contributed by atoms with van der Waals surface area (Å²) in [7, 11) is -2.46. The van der Waals surface area contributed by atoms with E-state index in [9.17, 15) is 23.1 Å². The Hall–Kier alpha value is -3.27. The maximum atomic E-state index is 12.0. The zero-order valence-corrected chi connectivity index (χ0v) is 18.4. The molecule has 2 N–H and O–H groups in total. The van der Waals surface area contributed by atoms with E-state index in [1.807, 2.05) is 4.72 Å². The molecule has 0 saturated carbocycles. The Kier molecular flexibility index (Phi) is 7.57.